The summed E-state index contributed by atoms with van der Waals surface area (Å²) in [5.74, 6) is -0.881. The van der Waals surface area contributed by atoms with Gasteiger partial charge in [0.1, 0.15) is 24.8 Å². The Morgan fingerprint density at radius 2 is 2.00 bits per heavy atom. The van der Waals surface area contributed by atoms with Gasteiger partial charge < -0.3 is 23.8 Å². The summed E-state index contributed by atoms with van der Waals surface area (Å²) >= 11 is 6.37. The third kappa shape index (κ3) is 4.67. The highest BCUT2D eigenvalue weighted by atomic mass is 35.5. The van der Waals surface area contributed by atoms with Crippen LogP contribution in [0.3, 0.4) is 0 Å². The number of rotatable bonds is 6. The number of halogens is 1. The van der Waals surface area contributed by atoms with E-state index in [9.17, 15) is 9.59 Å². The van der Waals surface area contributed by atoms with Crippen LogP contribution in [0.15, 0.2) is 54.0 Å². The zero-order valence-corrected chi connectivity index (χ0v) is 16.6. The van der Waals surface area contributed by atoms with Crippen molar-refractivity contribution >= 4 is 29.2 Å². The van der Waals surface area contributed by atoms with Gasteiger partial charge in [-0.1, -0.05) is 17.7 Å². The highest BCUT2D eigenvalue weighted by molar-refractivity contribution is 6.32. The lowest BCUT2D eigenvalue weighted by atomic mass is 10.1. The number of hydrogen-bond donors (Lipinski definition) is 0. The molecule has 3 rings (SSSR count). The van der Waals surface area contributed by atoms with Crippen LogP contribution in [-0.4, -0.2) is 44.5 Å². The number of benzene rings is 1. The molecule has 0 unspecified atom stereocenters. The summed E-state index contributed by atoms with van der Waals surface area (Å²) in [6, 6.07) is 8.71. The van der Waals surface area contributed by atoms with Crippen molar-refractivity contribution in [1.29, 1.82) is 0 Å². The Bertz CT molecular complexity index is 932. The van der Waals surface area contributed by atoms with Crippen LogP contribution in [0.25, 0.3) is 0 Å². The van der Waals surface area contributed by atoms with Crippen LogP contribution < -0.4 is 9.64 Å². The van der Waals surface area contributed by atoms with Gasteiger partial charge in [0.2, 0.25) is 0 Å². The topological polar surface area (TPSA) is 87.2 Å². The molecule has 0 saturated carbocycles. The second-order valence-corrected chi connectivity index (χ2v) is 6.39. The van der Waals surface area contributed by atoms with Gasteiger partial charge in [-0.15, -0.1) is 0 Å². The molecule has 1 aliphatic heterocycles. The number of carbonyl (C=O) groups is 2. The monoisotopic (exact) mass is 418 g/mol. The molecule has 1 aromatic carbocycles. The molecule has 0 fully saturated rings. The maximum atomic E-state index is 12.3. The van der Waals surface area contributed by atoms with Crippen molar-refractivity contribution in [2.24, 2.45) is 0 Å². The molecule has 1 aliphatic rings. The molecule has 2 heterocycles. The molecule has 0 spiro atoms. The van der Waals surface area contributed by atoms with Gasteiger partial charge in [0.05, 0.1) is 31.4 Å². The molecule has 9 heteroatoms. The van der Waals surface area contributed by atoms with Gasteiger partial charge in [-0.3, -0.25) is 4.98 Å². The Morgan fingerprint density at radius 3 is 2.66 bits per heavy atom. The average Bonchev–Trinajstić information content (AvgIpc) is 2.77. The first kappa shape index (κ1) is 20.6. The molecule has 0 bridgehead atoms. The minimum Gasteiger partial charge on any atom is -0.487 e. The van der Waals surface area contributed by atoms with Crippen molar-refractivity contribution in [1.82, 2.24) is 4.98 Å². The molecule has 0 N–H and O–H groups in total. The summed E-state index contributed by atoms with van der Waals surface area (Å²) in [5, 5.41) is 0.334. The van der Waals surface area contributed by atoms with Gasteiger partial charge in [-0.25, -0.2) is 9.59 Å². The number of nitrogens with zero attached hydrogens (tertiary/aromatic N) is 2. The third-order valence-electron chi connectivity index (χ3n) is 4.18. The van der Waals surface area contributed by atoms with Crippen molar-refractivity contribution in [3.05, 3.63) is 64.6 Å². The first-order valence-electron chi connectivity index (χ1n) is 8.61. The first-order chi connectivity index (χ1) is 14.0. The number of anilines is 1. The van der Waals surface area contributed by atoms with Crippen molar-refractivity contribution in [2.75, 3.05) is 32.5 Å². The molecule has 2 aromatic rings. The number of esters is 2. The van der Waals surface area contributed by atoms with Gasteiger partial charge in [0.15, 0.2) is 0 Å². The highest BCUT2D eigenvalue weighted by Crippen LogP contribution is 2.33. The van der Waals surface area contributed by atoms with E-state index in [0.717, 1.165) is 5.56 Å². The van der Waals surface area contributed by atoms with Crippen LogP contribution in [0.2, 0.25) is 5.02 Å². The van der Waals surface area contributed by atoms with Crippen molar-refractivity contribution in [2.45, 2.75) is 6.61 Å². The van der Waals surface area contributed by atoms with Crippen molar-refractivity contribution < 1.29 is 28.5 Å². The zero-order valence-electron chi connectivity index (χ0n) is 15.9. The van der Waals surface area contributed by atoms with Gasteiger partial charge >= 0.3 is 11.9 Å². The van der Waals surface area contributed by atoms with E-state index in [0.29, 0.717) is 23.1 Å². The molecule has 0 saturated heterocycles. The third-order valence-corrected chi connectivity index (χ3v) is 4.47. The Kier molecular flexibility index (Phi) is 6.69. The number of pyridine rings is 1. The fourth-order valence-corrected chi connectivity index (χ4v) is 3.00. The summed E-state index contributed by atoms with van der Waals surface area (Å²) < 4.78 is 20.8. The van der Waals surface area contributed by atoms with Crippen LogP contribution in [0.4, 0.5) is 5.69 Å². The lowest BCUT2D eigenvalue weighted by Crippen LogP contribution is -2.38. The van der Waals surface area contributed by atoms with Gasteiger partial charge in [0, 0.05) is 23.6 Å². The van der Waals surface area contributed by atoms with Crippen LogP contribution in [-0.2, 0) is 30.4 Å². The Balaban J connectivity index is 1.87. The summed E-state index contributed by atoms with van der Waals surface area (Å²) in [7, 11) is 2.47. The SMILES string of the molecule is COC(=O)C1=C(C(=O)OC)N(c2ccc(OCc3cccnc3)c(Cl)c2)COC1. The minimum absolute atomic E-state index is 0.0388. The van der Waals surface area contributed by atoms with Gasteiger partial charge in [-0.2, -0.15) is 0 Å². The van der Waals surface area contributed by atoms with Crippen molar-refractivity contribution in [3.63, 3.8) is 0 Å². The molecule has 0 aliphatic carbocycles. The molecular weight excluding hydrogens is 400 g/mol. The predicted octanol–water partition coefficient (Wildman–Crippen LogP) is 2.71. The largest absolute Gasteiger partial charge is 0.487 e. The molecule has 8 nitrogen and oxygen atoms in total. The Morgan fingerprint density at radius 1 is 1.21 bits per heavy atom. The van der Waals surface area contributed by atoms with E-state index in [-0.39, 0.29) is 24.6 Å². The van der Waals surface area contributed by atoms with Crippen LogP contribution in [0, 0.1) is 0 Å². The summed E-state index contributed by atoms with van der Waals surface area (Å²) in [5.41, 5.74) is 1.55. The molecule has 1 aromatic heterocycles. The molecule has 152 valence electrons. The van der Waals surface area contributed by atoms with Crippen molar-refractivity contribution in [3.8, 4) is 5.75 Å². The fraction of sp³-hybridized carbons (Fsp3) is 0.250. The van der Waals surface area contributed by atoms with E-state index >= 15 is 0 Å². The number of hydrogen-bond acceptors (Lipinski definition) is 8. The second-order valence-electron chi connectivity index (χ2n) is 5.98. The Hall–Kier alpha value is -3.10. The molecule has 29 heavy (non-hydrogen) atoms. The fourth-order valence-electron chi connectivity index (χ4n) is 2.77. The number of ether oxygens (including phenoxy) is 4. The first-order valence-corrected chi connectivity index (χ1v) is 8.99. The molecule has 0 radical (unpaired) electrons. The number of methoxy groups -OCH3 is 2. The maximum Gasteiger partial charge on any atom is 0.355 e. The predicted molar refractivity (Wildman–Crippen MR) is 104 cm³/mol. The van der Waals surface area contributed by atoms with Gasteiger partial charge in [0.25, 0.3) is 0 Å². The average molecular weight is 419 g/mol. The van der Waals surface area contributed by atoms with E-state index in [1.54, 1.807) is 30.6 Å². The quantitative estimate of drug-likeness (QED) is 0.662. The van der Waals surface area contributed by atoms with E-state index in [1.807, 2.05) is 12.1 Å². The van der Waals surface area contributed by atoms with E-state index in [1.165, 1.54) is 19.1 Å². The Labute approximate surface area is 172 Å². The van der Waals surface area contributed by atoms with Crippen LogP contribution in [0.1, 0.15) is 5.56 Å². The van der Waals surface area contributed by atoms with E-state index < -0.39 is 11.9 Å². The smallest absolute Gasteiger partial charge is 0.355 e. The van der Waals surface area contributed by atoms with Crippen LogP contribution in [0.5, 0.6) is 5.75 Å². The number of carbonyl (C=O) groups excluding carboxylic acids is 2. The van der Waals surface area contributed by atoms with E-state index in [4.69, 9.17) is 30.5 Å². The maximum absolute atomic E-state index is 12.3. The summed E-state index contributed by atoms with van der Waals surface area (Å²) in [4.78, 5) is 29.9. The normalized spacial score (nSPS) is 13.8. The van der Waals surface area contributed by atoms with Crippen LogP contribution >= 0.6 is 11.6 Å². The lowest BCUT2D eigenvalue weighted by Gasteiger charge is -2.31. The van der Waals surface area contributed by atoms with Gasteiger partial charge in [-0.05, 0) is 24.3 Å². The minimum atomic E-state index is -0.679. The van der Waals surface area contributed by atoms with E-state index in [2.05, 4.69) is 4.98 Å². The molecular formula is C20H19ClN2O6. The standard InChI is InChI=1S/C20H19ClN2O6/c1-26-19(24)15-11-28-12-23(18(15)20(25)27-2)14-5-6-17(16(21)8-14)29-10-13-4-3-7-22-9-13/h3-9H,10-12H2,1-2H3. The lowest BCUT2D eigenvalue weighted by molar-refractivity contribution is -0.140. The molecule has 0 atom stereocenters. The molecule has 0 amide bonds. The summed E-state index contributed by atoms with van der Waals surface area (Å²) in [6.07, 6.45) is 3.38. The highest BCUT2D eigenvalue weighted by Gasteiger charge is 2.32. The summed E-state index contributed by atoms with van der Waals surface area (Å²) in [6.45, 7) is 0.282. The number of aromatic nitrogens is 1. The zero-order chi connectivity index (χ0) is 20.8. The second kappa shape index (κ2) is 9.40.